The van der Waals surface area contributed by atoms with Crippen molar-refractivity contribution < 1.29 is 37.9 Å². The van der Waals surface area contributed by atoms with Gasteiger partial charge in [-0.15, -0.1) is 5.69 Å². The number of esters is 1. The fraction of sp³-hybridized carbons (Fsp3) is 0.316. The molecule has 7 heteroatoms. The first-order valence-corrected chi connectivity index (χ1v) is 7.97. The van der Waals surface area contributed by atoms with Gasteiger partial charge >= 0.3 is 24.8 Å². The van der Waals surface area contributed by atoms with Crippen LogP contribution in [0.3, 0.4) is 0 Å². The molecule has 1 aromatic heterocycles. The number of benzene rings is 1. The zero-order chi connectivity index (χ0) is 18.4. The second kappa shape index (κ2) is 9.42. The zero-order valence-electron chi connectivity index (χ0n) is 15.8. The summed E-state index contributed by atoms with van der Waals surface area (Å²) >= 11 is 0. The molecule has 0 N–H and O–H groups in total. The summed E-state index contributed by atoms with van der Waals surface area (Å²) in [5.41, 5.74) is 1.51. The van der Waals surface area contributed by atoms with Gasteiger partial charge in [0.05, 0.1) is 17.9 Å². The molecule has 1 amide bonds. The predicted molar refractivity (Wildman–Crippen MR) is 94.9 cm³/mol. The Morgan fingerprint density at radius 2 is 1.77 bits per heavy atom. The zero-order valence-corrected chi connectivity index (χ0v) is 15.8. The normalized spacial score (nSPS) is 10.5. The standard InChI is InChI=1S/C19H22N2O4.Li/c1-5-24-17(22)15-7-6-12-20-16(15)13-8-10-14(11-9-13)21-18(23)25-19(2,3)4;/h6-12H,5H2,1-4H3,(H,20,21,22,23);/q;+1/p-1. The van der Waals surface area contributed by atoms with Crippen molar-refractivity contribution in [1.82, 2.24) is 4.98 Å². The minimum absolute atomic E-state index is 0. The summed E-state index contributed by atoms with van der Waals surface area (Å²) in [5.74, 6) is -0.423. The second-order valence-corrected chi connectivity index (χ2v) is 6.26. The van der Waals surface area contributed by atoms with Gasteiger partial charge in [-0.05, 0) is 39.8 Å². The van der Waals surface area contributed by atoms with Crippen molar-refractivity contribution in [2.45, 2.75) is 33.3 Å². The summed E-state index contributed by atoms with van der Waals surface area (Å²) < 4.78 is 10.2. The number of nitrogens with zero attached hydrogens (tertiary/aromatic N) is 2. The third kappa shape index (κ3) is 6.21. The van der Waals surface area contributed by atoms with Gasteiger partial charge in [-0.1, -0.05) is 24.3 Å². The van der Waals surface area contributed by atoms with Gasteiger partial charge in [-0.2, -0.15) is 0 Å². The molecule has 1 aromatic carbocycles. The minimum atomic E-state index is -0.648. The van der Waals surface area contributed by atoms with Crippen LogP contribution in [0.4, 0.5) is 10.5 Å². The van der Waals surface area contributed by atoms with Crippen LogP contribution in [0.2, 0.25) is 0 Å². The third-order valence-corrected chi connectivity index (χ3v) is 3.06. The molecule has 0 saturated heterocycles. The van der Waals surface area contributed by atoms with Gasteiger partial charge in [0.25, 0.3) is 0 Å². The van der Waals surface area contributed by atoms with Crippen LogP contribution in [0, 0.1) is 0 Å². The van der Waals surface area contributed by atoms with Crippen LogP contribution in [0.15, 0.2) is 42.6 Å². The molecule has 0 aliphatic rings. The van der Waals surface area contributed by atoms with E-state index in [4.69, 9.17) is 9.47 Å². The first-order chi connectivity index (χ1) is 11.8. The molecule has 26 heavy (non-hydrogen) atoms. The Morgan fingerprint density at radius 1 is 1.12 bits per heavy atom. The number of hydrogen-bond acceptors (Lipinski definition) is 5. The van der Waals surface area contributed by atoms with Crippen molar-refractivity contribution in [3.05, 3.63) is 53.5 Å². The number of carbonyl (C=O) groups is 2. The van der Waals surface area contributed by atoms with E-state index in [-0.39, 0.29) is 18.9 Å². The summed E-state index contributed by atoms with van der Waals surface area (Å²) in [6.45, 7) is 7.38. The number of hydrogen-bond donors (Lipinski definition) is 0. The fourth-order valence-corrected chi connectivity index (χ4v) is 2.09. The van der Waals surface area contributed by atoms with Crippen LogP contribution in [0.25, 0.3) is 16.6 Å². The van der Waals surface area contributed by atoms with Gasteiger partial charge in [-0.3, -0.25) is 9.78 Å². The Labute approximate surface area is 165 Å². The Hall–Kier alpha value is -2.29. The molecule has 0 unspecified atom stereocenters. The summed E-state index contributed by atoms with van der Waals surface area (Å²) in [6.07, 6.45) is 0.960. The molecule has 132 valence electrons. The fourth-order valence-electron chi connectivity index (χ4n) is 2.09. The van der Waals surface area contributed by atoms with Crippen LogP contribution < -0.4 is 18.9 Å². The first kappa shape index (κ1) is 21.7. The van der Waals surface area contributed by atoms with E-state index in [1.807, 2.05) is 0 Å². The molecule has 2 aromatic rings. The van der Waals surface area contributed by atoms with E-state index in [2.05, 4.69) is 10.3 Å². The van der Waals surface area contributed by atoms with Crippen LogP contribution in [-0.4, -0.2) is 29.3 Å². The summed E-state index contributed by atoms with van der Waals surface area (Å²) in [7, 11) is 0. The maximum Gasteiger partial charge on any atom is 1.00 e. The minimum Gasteiger partial charge on any atom is -0.591 e. The van der Waals surface area contributed by atoms with Crippen molar-refractivity contribution in [3.63, 3.8) is 0 Å². The average molecular weight is 348 g/mol. The van der Waals surface area contributed by atoms with Gasteiger partial charge in [0, 0.05) is 11.8 Å². The molecule has 1 heterocycles. The number of amides is 1. The molecular weight excluding hydrogens is 327 g/mol. The molecule has 0 fully saturated rings. The van der Waals surface area contributed by atoms with Crippen LogP contribution in [-0.2, 0) is 9.47 Å². The third-order valence-electron chi connectivity index (χ3n) is 3.06. The van der Waals surface area contributed by atoms with E-state index in [9.17, 15) is 9.59 Å². The summed E-state index contributed by atoms with van der Waals surface area (Å²) in [6, 6.07) is 10.2. The second-order valence-electron chi connectivity index (χ2n) is 6.26. The Bertz CT molecular complexity index is 755. The van der Waals surface area contributed by atoms with Gasteiger partial charge < -0.3 is 14.8 Å². The summed E-state index contributed by atoms with van der Waals surface area (Å²) in [4.78, 5) is 28.0. The number of carbonyl (C=O) groups excluding carboxylic acids is 2. The first-order valence-electron chi connectivity index (χ1n) is 7.97. The van der Waals surface area contributed by atoms with E-state index in [0.29, 0.717) is 23.6 Å². The Balaban J connectivity index is 0.00000338. The van der Waals surface area contributed by atoms with Crippen LogP contribution >= 0.6 is 0 Å². The van der Waals surface area contributed by atoms with Crippen LogP contribution in [0.5, 0.6) is 0 Å². The van der Waals surface area contributed by atoms with E-state index in [1.165, 1.54) is 0 Å². The van der Waals surface area contributed by atoms with E-state index in [0.717, 1.165) is 5.56 Å². The van der Waals surface area contributed by atoms with Crippen molar-refractivity contribution in [3.8, 4) is 11.3 Å². The van der Waals surface area contributed by atoms with E-state index >= 15 is 0 Å². The number of ether oxygens (including phenoxy) is 2. The SMILES string of the molecule is CCOC(=O)c1cccnc1-c1ccc([N-]C(=O)OC(C)(C)C)cc1.[Li+]. The van der Waals surface area contributed by atoms with Gasteiger partial charge in [0.2, 0.25) is 6.09 Å². The molecule has 0 saturated carbocycles. The van der Waals surface area contributed by atoms with E-state index < -0.39 is 17.7 Å². The van der Waals surface area contributed by atoms with Crippen molar-refractivity contribution >= 4 is 17.7 Å². The number of aromatic nitrogens is 1. The Morgan fingerprint density at radius 3 is 2.35 bits per heavy atom. The maximum absolute atomic E-state index is 12.0. The van der Waals surface area contributed by atoms with E-state index in [1.54, 1.807) is 70.3 Å². The smallest absolute Gasteiger partial charge is 0.591 e. The largest absolute Gasteiger partial charge is 1.00 e. The quantitative estimate of drug-likeness (QED) is 0.622. The van der Waals surface area contributed by atoms with Crippen molar-refractivity contribution in [1.29, 1.82) is 0 Å². The average Bonchev–Trinajstić information content (AvgIpc) is 2.54. The molecule has 2 rings (SSSR count). The molecule has 0 aliphatic carbocycles. The topological polar surface area (TPSA) is 79.6 Å². The van der Waals surface area contributed by atoms with Gasteiger partial charge in [-0.25, -0.2) is 4.79 Å². The number of rotatable bonds is 4. The Kier molecular flexibility index (Phi) is 7.88. The molecule has 0 radical (unpaired) electrons. The predicted octanol–water partition coefficient (Wildman–Crippen LogP) is 1.87. The molecular formula is C19H21LiN2O4. The van der Waals surface area contributed by atoms with Crippen molar-refractivity contribution in [2.24, 2.45) is 0 Å². The van der Waals surface area contributed by atoms with Crippen molar-refractivity contribution in [2.75, 3.05) is 6.61 Å². The molecule has 0 bridgehead atoms. The maximum atomic E-state index is 12.0. The van der Waals surface area contributed by atoms with Gasteiger partial charge in [0.1, 0.15) is 5.60 Å². The molecule has 0 atom stereocenters. The monoisotopic (exact) mass is 348 g/mol. The van der Waals surface area contributed by atoms with Crippen LogP contribution in [0.1, 0.15) is 38.1 Å². The molecule has 0 spiro atoms. The molecule has 6 nitrogen and oxygen atoms in total. The molecule has 0 aliphatic heterocycles. The van der Waals surface area contributed by atoms with Gasteiger partial charge in [0.15, 0.2) is 0 Å². The summed E-state index contributed by atoms with van der Waals surface area (Å²) in [5, 5.41) is 3.89. The number of pyridine rings is 1.